The molecule has 1 aliphatic heterocycles. The second-order valence-corrected chi connectivity index (χ2v) is 5.49. The van der Waals surface area contributed by atoms with Crippen molar-refractivity contribution in [3.8, 4) is 0 Å². The highest BCUT2D eigenvalue weighted by atomic mass is 15.1. The van der Waals surface area contributed by atoms with Gasteiger partial charge < -0.3 is 10.2 Å². The molecule has 1 saturated carbocycles. The first-order valence-electron chi connectivity index (χ1n) is 6.75. The van der Waals surface area contributed by atoms with Crippen molar-refractivity contribution in [2.45, 2.75) is 45.6 Å². The molecule has 2 rings (SSSR count). The summed E-state index contributed by atoms with van der Waals surface area (Å²) in [6.07, 6.45) is 5.63. The monoisotopic (exact) mass is 210 g/mol. The van der Waals surface area contributed by atoms with Crippen molar-refractivity contribution < 1.29 is 0 Å². The lowest BCUT2D eigenvalue weighted by atomic mass is 10.1. The van der Waals surface area contributed by atoms with Crippen LogP contribution in [0.25, 0.3) is 0 Å². The van der Waals surface area contributed by atoms with Crippen LogP contribution >= 0.6 is 0 Å². The number of nitrogens with one attached hydrogen (secondary N) is 1. The van der Waals surface area contributed by atoms with Gasteiger partial charge in [0.2, 0.25) is 0 Å². The van der Waals surface area contributed by atoms with Gasteiger partial charge in [-0.15, -0.1) is 0 Å². The van der Waals surface area contributed by atoms with E-state index in [0.29, 0.717) is 0 Å². The van der Waals surface area contributed by atoms with E-state index in [1.165, 1.54) is 51.9 Å². The van der Waals surface area contributed by atoms with E-state index in [2.05, 4.69) is 24.1 Å². The fourth-order valence-electron chi connectivity index (χ4n) is 2.71. The van der Waals surface area contributed by atoms with Crippen molar-refractivity contribution in [1.82, 2.24) is 10.2 Å². The van der Waals surface area contributed by atoms with Crippen LogP contribution in [-0.2, 0) is 0 Å². The number of rotatable bonds is 6. The van der Waals surface area contributed by atoms with Crippen LogP contribution in [0.2, 0.25) is 0 Å². The van der Waals surface area contributed by atoms with Gasteiger partial charge in [-0.25, -0.2) is 0 Å². The molecule has 0 aromatic rings. The van der Waals surface area contributed by atoms with Crippen molar-refractivity contribution in [1.29, 1.82) is 0 Å². The summed E-state index contributed by atoms with van der Waals surface area (Å²) in [4.78, 5) is 2.62. The molecule has 88 valence electrons. The minimum Gasteiger partial charge on any atom is -0.314 e. The third-order valence-electron chi connectivity index (χ3n) is 3.97. The van der Waals surface area contributed by atoms with Crippen molar-refractivity contribution >= 4 is 0 Å². The Hall–Kier alpha value is -0.0800. The smallest absolute Gasteiger partial charge is 0.00671 e. The molecule has 0 aromatic heterocycles. The molecule has 1 heterocycles. The van der Waals surface area contributed by atoms with Gasteiger partial charge in [0.1, 0.15) is 0 Å². The fraction of sp³-hybridized carbons (Fsp3) is 1.00. The maximum atomic E-state index is 3.72. The molecular formula is C13H26N2. The summed E-state index contributed by atoms with van der Waals surface area (Å²) in [6.45, 7) is 9.85. The van der Waals surface area contributed by atoms with Gasteiger partial charge in [-0.1, -0.05) is 6.92 Å². The minimum atomic E-state index is 0.769. The summed E-state index contributed by atoms with van der Waals surface area (Å²) in [7, 11) is 0. The Morgan fingerprint density at radius 2 is 2.13 bits per heavy atom. The van der Waals surface area contributed by atoms with Gasteiger partial charge in [-0.3, -0.25) is 0 Å². The zero-order valence-electron chi connectivity index (χ0n) is 10.3. The number of likely N-dealkylation sites (tertiary alicyclic amines) is 1. The molecule has 0 spiro atoms. The van der Waals surface area contributed by atoms with E-state index in [1.807, 2.05) is 0 Å². The van der Waals surface area contributed by atoms with Crippen molar-refractivity contribution in [2.75, 3.05) is 26.2 Å². The SMILES string of the molecule is CCCN1CCC(CNC(C)C2CC2)C1. The lowest BCUT2D eigenvalue weighted by Gasteiger charge is -2.18. The molecule has 2 nitrogen and oxygen atoms in total. The molecule has 0 bridgehead atoms. The molecule has 1 saturated heterocycles. The Morgan fingerprint density at radius 1 is 1.33 bits per heavy atom. The van der Waals surface area contributed by atoms with Crippen molar-refractivity contribution in [2.24, 2.45) is 11.8 Å². The van der Waals surface area contributed by atoms with E-state index in [1.54, 1.807) is 0 Å². The first-order valence-corrected chi connectivity index (χ1v) is 6.75. The molecule has 0 amide bonds. The van der Waals surface area contributed by atoms with Crippen LogP contribution < -0.4 is 5.32 Å². The molecule has 2 heteroatoms. The van der Waals surface area contributed by atoms with Gasteiger partial charge in [0.15, 0.2) is 0 Å². The second kappa shape index (κ2) is 5.31. The normalized spacial score (nSPS) is 29.6. The molecule has 1 aliphatic carbocycles. The Labute approximate surface area is 94.4 Å². The lowest BCUT2D eigenvalue weighted by molar-refractivity contribution is 0.318. The van der Waals surface area contributed by atoms with E-state index in [-0.39, 0.29) is 0 Å². The summed E-state index contributed by atoms with van der Waals surface area (Å²) >= 11 is 0. The molecular weight excluding hydrogens is 184 g/mol. The quantitative estimate of drug-likeness (QED) is 0.722. The van der Waals surface area contributed by atoms with Crippen LogP contribution in [0.15, 0.2) is 0 Å². The summed E-state index contributed by atoms with van der Waals surface area (Å²) < 4.78 is 0. The maximum Gasteiger partial charge on any atom is 0.00671 e. The fourth-order valence-corrected chi connectivity index (χ4v) is 2.71. The minimum absolute atomic E-state index is 0.769. The molecule has 2 fully saturated rings. The van der Waals surface area contributed by atoms with Gasteiger partial charge >= 0.3 is 0 Å². The molecule has 0 aromatic carbocycles. The topological polar surface area (TPSA) is 15.3 Å². The van der Waals surface area contributed by atoms with Crippen LogP contribution in [0.4, 0.5) is 0 Å². The number of hydrogen-bond donors (Lipinski definition) is 1. The first-order chi connectivity index (χ1) is 7.29. The second-order valence-electron chi connectivity index (χ2n) is 5.49. The van der Waals surface area contributed by atoms with E-state index in [9.17, 15) is 0 Å². The number of hydrogen-bond acceptors (Lipinski definition) is 2. The average Bonchev–Trinajstić information content (AvgIpc) is 2.98. The zero-order valence-corrected chi connectivity index (χ0v) is 10.3. The number of nitrogens with zero attached hydrogens (tertiary/aromatic N) is 1. The van der Waals surface area contributed by atoms with Gasteiger partial charge in [0.05, 0.1) is 0 Å². The molecule has 2 unspecified atom stereocenters. The largest absolute Gasteiger partial charge is 0.314 e. The highest BCUT2D eigenvalue weighted by molar-refractivity contribution is 4.85. The van der Waals surface area contributed by atoms with E-state index in [4.69, 9.17) is 0 Å². The summed E-state index contributed by atoms with van der Waals surface area (Å²) in [5.74, 6) is 1.91. The molecule has 2 aliphatic rings. The summed E-state index contributed by atoms with van der Waals surface area (Å²) in [6, 6.07) is 0.769. The van der Waals surface area contributed by atoms with Crippen molar-refractivity contribution in [3.63, 3.8) is 0 Å². The highest BCUT2D eigenvalue weighted by Gasteiger charge is 2.29. The average molecular weight is 210 g/mol. The first kappa shape index (κ1) is 11.4. The van der Waals surface area contributed by atoms with Crippen LogP contribution in [0.5, 0.6) is 0 Å². The van der Waals surface area contributed by atoms with E-state index >= 15 is 0 Å². The van der Waals surface area contributed by atoms with Crippen LogP contribution in [0.3, 0.4) is 0 Å². The summed E-state index contributed by atoms with van der Waals surface area (Å²) in [5.41, 5.74) is 0. The van der Waals surface area contributed by atoms with E-state index in [0.717, 1.165) is 17.9 Å². The molecule has 2 atom stereocenters. The molecule has 15 heavy (non-hydrogen) atoms. The third kappa shape index (κ3) is 3.46. The Balaban J connectivity index is 1.59. The van der Waals surface area contributed by atoms with Gasteiger partial charge in [0, 0.05) is 12.6 Å². The zero-order chi connectivity index (χ0) is 10.7. The highest BCUT2D eigenvalue weighted by Crippen LogP contribution is 2.32. The van der Waals surface area contributed by atoms with Gasteiger partial charge in [-0.2, -0.15) is 0 Å². The van der Waals surface area contributed by atoms with Crippen LogP contribution in [0.1, 0.15) is 39.5 Å². The predicted octanol–water partition coefficient (Wildman–Crippen LogP) is 2.11. The standard InChI is InChI=1S/C13H26N2/c1-3-7-15-8-6-12(10-15)9-14-11(2)13-4-5-13/h11-14H,3-10H2,1-2H3. The maximum absolute atomic E-state index is 3.72. The Kier molecular flexibility index (Phi) is 4.04. The Morgan fingerprint density at radius 3 is 2.80 bits per heavy atom. The van der Waals surface area contributed by atoms with Gasteiger partial charge in [0.25, 0.3) is 0 Å². The van der Waals surface area contributed by atoms with Gasteiger partial charge in [-0.05, 0) is 64.1 Å². The lowest BCUT2D eigenvalue weighted by Crippen LogP contribution is -2.33. The molecule has 0 radical (unpaired) electrons. The van der Waals surface area contributed by atoms with Crippen LogP contribution in [0, 0.1) is 11.8 Å². The molecule has 1 N–H and O–H groups in total. The van der Waals surface area contributed by atoms with E-state index < -0.39 is 0 Å². The predicted molar refractivity (Wildman–Crippen MR) is 65.0 cm³/mol. The van der Waals surface area contributed by atoms with Crippen molar-refractivity contribution in [3.05, 3.63) is 0 Å². The summed E-state index contributed by atoms with van der Waals surface area (Å²) in [5, 5.41) is 3.72. The van der Waals surface area contributed by atoms with Crippen LogP contribution in [-0.4, -0.2) is 37.1 Å². The third-order valence-corrected chi connectivity index (χ3v) is 3.97. The Bertz CT molecular complexity index is 189.